The van der Waals surface area contributed by atoms with Crippen molar-refractivity contribution in [1.82, 2.24) is 5.32 Å². The molecular formula is C18H26ClN. The quantitative estimate of drug-likeness (QED) is 0.827. The molecular weight excluding hydrogens is 266 g/mol. The average molecular weight is 292 g/mol. The minimum absolute atomic E-state index is 0.287. The van der Waals surface area contributed by atoms with E-state index in [0.29, 0.717) is 6.04 Å². The molecule has 1 nitrogen and oxygen atoms in total. The molecule has 3 rings (SSSR count). The molecule has 1 aromatic rings. The Morgan fingerprint density at radius 1 is 1.30 bits per heavy atom. The van der Waals surface area contributed by atoms with Crippen LogP contribution in [0.15, 0.2) is 18.2 Å². The molecule has 0 radical (unpaired) electrons. The van der Waals surface area contributed by atoms with Crippen LogP contribution in [0.2, 0.25) is 5.02 Å². The molecule has 110 valence electrons. The molecule has 2 aliphatic carbocycles. The molecule has 1 N–H and O–H groups in total. The summed E-state index contributed by atoms with van der Waals surface area (Å²) in [6, 6.07) is 6.85. The van der Waals surface area contributed by atoms with Gasteiger partial charge in [-0.15, -0.1) is 0 Å². The molecule has 0 aliphatic heterocycles. The van der Waals surface area contributed by atoms with Crippen LogP contribution in [0.1, 0.15) is 57.2 Å². The second kappa shape index (κ2) is 5.35. The number of benzene rings is 1. The molecule has 0 bridgehead atoms. The largest absolute Gasteiger partial charge is 0.309 e. The fourth-order valence-corrected chi connectivity index (χ4v) is 4.37. The van der Waals surface area contributed by atoms with Gasteiger partial charge in [-0.1, -0.05) is 51.3 Å². The summed E-state index contributed by atoms with van der Waals surface area (Å²) in [5, 5.41) is 4.73. The fraction of sp³-hybridized carbons (Fsp3) is 0.667. The molecule has 2 heteroatoms. The molecule has 0 spiro atoms. The van der Waals surface area contributed by atoms with Crippen LogP contribution in [-0.4, -0.2) is 6.54 Å². The maximum atomic E-state index is 6.20. The van der Waals surface area contributed by atoms with E-state index in [0.717, 1.165) is 29.8 Å². The predicted octanol–water partition coefficient (Wildman–Crippen LogP) is 4.99. The van der Waals surface area contributed by atoms with E-state index in [1.165, 1.54) is 30.4 Å². The molecule has 1 aromatic carbocycles. The van der Waals surface area contributed by atoms with Crippen molar-refractivity contribution in [1.29, 1.82) is 0 Å². The van der Waals surface area contributed by atoms with Crippen molar-refractivity contribution in [2.45, 2.75) is 52.5 Å². The lowest BCUT2D eigenvalue weighted by Crippen LogP contribution is -2.35. The molecule has 0 heterocycles. The van der Waals surface area contributed by atoms with Crippen LogP contribution in [0.4, 0.5) is 0 Å². The molecule has 3 atom stereocenters. The van der Waals surface area contributed by atoms with Gasteiger partial charge < -0.3 is 5.32 Å². The summed E-state index contributed by atoms with van der Waals surface area (Å²) < 4.78 is 0. The van der Waals surface area contributed by atoms with Crippen molar-refractivity contribution in [2.75, 3.05) is 6.54 Å². The first kappa shape index (κ1) is 14.4. The Morgan fingerprint density at radius 2 is 2.10 bits per heavy atom. The number of rotatable bonds is 3. The van der Waals surface area contributed by atoms with Crippen molar-refractivity contribution < 1.29 is 0 Å². The van der Waals surface area contributed by atoms with Gasteiger partial charge in [0.15, 0.2) is 0 Å². The van der Waals surface area contributed by atoms with Gasteiger partial charge in [0.25, 0.3) is 0 Å². The zero-order valence-corrected chi connectivity index (χ0v) is 13.6. The molecule has 0 amide bonds. The van der Waals surface area contributed by atoms with E-state index < -0.39 is 0 Å². The molecule has 3 unspecified atom stereocenters. The zero-order chi connectivity index (χ0) is 14.3. The van der Waals surface area contributed by atoms with Gasteiger partial charge >= 0.3 is 0 Å². The first-order valence-corrected chi connectivity index (χ1v) is 8.37. The summed E-state index contributed by atoms with van der Waals surface area (Å²) in [5.41, 5.74) is 3.18. The average Bonchev–Trinajstić information content (AvgIpc) is 2.88. The highest BCUT2D eigenvalue weighted by molar-refractivity contribution is 6.30. The molecule has 1 saturated carbocycles. The fourth-order valence-electron chi connectivity index (χ4n) is 4.19. The molecule has 20 heavy (non-hydrogen) atoms. The zero-order valence-electron chi connectivity index (χ0n) is 12.9. The first-order valence-electron chi connectivity index (χ1n) is 7.99. The third-order valence-electron chi connectivity index (χ3n) is 5.47. The van der Waals surface area contributed by atoms with Crippen LogP contribution >= 0.6 is 11.6 Å². The lowest BCUT2D eigenvalue weighted by Gasteiger charge is -2.30. The van der Waals surface area contributed by atoms with Gasteiger partial charge in [0.2, 0.25) is 0 Å². The number of fused-ring (bicyclic) bond motifs is 1. The number of halogens is 1. The molecule has 0 saturated heterocycles. The van der Waals surface area contributed by atoms with Crippen LogP contribution in [0.3, 0.4) is 0 Å². The van der Waals surface area contributed by atoms with E-state index in [1.54, 1.807) is 0 Å². The molecule has 1 fully saturated rings. The van der Waals surface area contributed by atoms with Crippen LogP contribution < -0.4 is 5.32 Å². The lowest BCUT2D eigenvalue weighted by molar-refractivity contribution is 0.248. The second-order valence-electron chi connectivity index (χ2n) is 7.52. The van der Waals surface area contributed by atoms with Gasteiger partial charge in [0, 0.05) is 11.1 Å². The second-order valence-corrected chi connectivity index (χ2v) is 7.95. The molecule has 0 aromatic heterocycles. The van der Waals surface area contributed by atoms with E-state index in [4.69, 9.17) is 11.6 Å². The summed E-state index contributed by atoms with van der Waals surface area (Å²) in [5.74, 6) is 1.74. The molecule has 2 aliphatic rings. The van der Waals surface area contributed by atoms with E-state index in [1.807, 2.05) is 6.07 Å². The Hall–Kier alpha value is -0.530. The van der Waals surface area contributed by atoms with Gasteiger partial charge in [0.1, 0.15) is 0 Å². The third-order valence-corrected chi connectivity index (χ3v) is 5.70. The highest BCUT2D eigenvalue weighted by atomic mass is 35.5. The van der Waals surface area contributed by atoms with Crippen molar-refractivity contribution in [2.24, 2.45) is 17.3 Å². The minimum Gasteiger partial charge on any atom is -0.309 e. The van der Waals surface area contributed by atoms with Crippen molar-refractivity contribution >= 4 is 11.6 Å². The van der Waals surface area contributed by atoms with E-state index in [9.17, 15) is 0 Å². The number of hydrogen-bond donors (Lipinski definition) is 1. The van der Waals surface area contributed by atoms with Crippen LogP contribution in [0.5, 0.6) is 0 Å². The summed E-state index contributed by atoms with van der Waals surface area (Å²) >= 11 is 6.20. The third kappa shape index (κ3) is 2.63. The SMILES string of the molecule is CC1CCCC1CNC1c2cc(Cl)ccc2CC1(C)C. The van der Waals surface area contributed by atoms with Crippen molar-refractivity contribution in [3.8, 4) is 0 Å². The Balaban J connectivity index is 1.76. The maximum Gasteiger partial charge on any atom is 0.0409 e. The number of nitrogens with one attached hydrogen (secondary N) is 1. The van der Waals surface area contributed by atoms with Crippen LogP contribution in [0.25, 0.3) is 0 Å². The Bertz CT molecular complexity index is 494. The van der Waals surface area contributed by atoms with Crippen LogP contribution in [-0.2, 0) is 6.42 Å². The van der Waals surface area contributed by atoms with Crippen molar-refractivity contribution in [3.05, 3.63) is 34.3 Å². The Labute approximate surface area is 128 Å². The summed E-state index contributed by atoms with van der Waals surface area (Å²) in [6.45, 7) is 8.30. The topological polar surface area (TPSA) is 12.0 Å². The minimum atomic E-state index is 0.287. The summed E-state index contributed by atoms with van der Waals surface area (Å²) in [4.78, 5) is 0. The van der Waals surface area contributed by atoms with Crippen molar-refractivity contribution in [3.63, 3.8) is 0 Å². The summed E-state index contributed by atoms with van der Waals surface area (Å²) in [7, 11) is 0. The van der Waals surface area contributed by atoms with Crippen LogP contribution in [0, 0.1) is 17.3 Å². The standard InChI is InChI=1S/C18H26ClN/c1-12-5-4-6-14(12)11-20-17-16-9-15(19)8-7-13(16)10-18(17,2)3/h7-9,12,14,17,20H,4-6,10-11H2,1-3H3. The Morgan fingerprint density at radius 3 is 2.80 bits per heavy atom. The van der Waals surface area contributed by atoms with E-state index in [-0.39, 0.29) is 5.41 Å². The smallest absolute Gasteiger partial charge is 0.0409 e. The van der Waals surface area contributed by atoms with E-state index >= 15 is 0 Å². The summed E-state index contributed by atoms with van der Waals surface area (Å²) in [6.07, 6.45) is 5.36. The van der Waals surface area contributed by atoms with Gasteiger partial charge in [0.05, 0.1) is 0 Å². The van der Waals surface area contributed by atoms with E-state index in [2.05, 4.69) is 38.2 Å². The number of hydrogen-bond acceptors (Lipinski definition) is 1. The first-order chi connectivity index (χ1) is 9.47. The highest BCUT2D eigenvalue weighted by Gasteiger charge is 2.39. The highest BCUT2D eigenvalue weighted by Crippen LogP contribution is 2.46. The lowest BCUT2D eigenvalue weighted by atomic mass is 9.85. The maximum absolute atomic E-state index is 6.20. The van der Waals surface area contributed by atoms with Gasteiger partial charge in [-0.3, -0.25) is 0 Å². The Kier molecular flexibility index (Phi) is 3.85. The van der Waals surface area contributed by atoms with Gasteiger partial charge in [-0.25, -0.2) is 0 Å². The van der Waals surface area contributed by atoms with Gasteiger partial charge in [-0.05, 0) is 59.9 Å². The predicted molar refractivity (Wildman–Crippen MR) is 86.2 cm³/mol. The monoisotopic (exact) mass is 291 g/mol. The normalized spacial score (nSPS) is 31.5. The van der Waals surface area contributed by atoms with Gasteiger partial charge in [-0.2, -0.15) is 0 Å².